The van der Waals surface area contributed by atoms with Crippen molar-refractivity contribution in [2.45, 2.75) is 33.4 Å². The normalized spacial score (nSPS) is 10.9. The molecule has 0 saturated heterocycles. The highest BCUT2D eigenvalue weighted by atomic mass is 15.3. The lowest BCUT2D eigenvalue weighted by Gasteiger charge is -2.05. The van der Waals surface area contributed by atoms with Gasteiger partial charge in [0.05, 0.1) is 5.69 Å². The van der Waals surface area contributed by atoms with Crippen LogP contribution in [-0.4, -0.2) is 21.3 Å². The molecule has 0 bridgehead atoms. The molecule has 0 aromatic carbocycles. The lowest BCUT2D eigenvalue weighted by Crippen LogP contribution is -2.17. The average Bonchev–Trinajstić information content (AvgIpc) is 2.89. The molecule has 0 aliphatic rings. The van der Waals surface area contributed by atoms with E-state index in [0.29, 0.717) is 0 Å². The first-order chi connectivity index (χ1) is 8.25. The van der Waals surface area contributed by atoms with Crippen LogP contribution in [0.4, 0.5) is 0 Å². The number of nitrogens with zero attached hydrogens (tertiary/aromatic N) is 2. The topological polar surface area (TPSA) is 45.6 Å². The molecule has 0 aliphatic heterocycles. The van der Waals surface area contributed by atoms with Gasteiger partial charge in [-0.15, -0.1) is 0 Å². The maximum Gasteiger partial charge on any atom is 0.0596 e. The summed E-state index contributed by atoms with van der Waals surface area (Å²) in [6.07, 6.45) is 3.05. The number of rotatable bonds is 6. The summed E-state index contributed by atoms with van der Waals surface area (Å²) in [5.74, 6) is 0. The van der Waals surface area contributed by atoms with Crippen molar-refractivity contribution in [3.05, 3.63) is 41.5 Å². The molecule has 0 saturated carbocycles. The summed E-state index contributed by atoms with van der Waals surface area (Å²) in [5, 5.41) is 7.85. The van der Waals surface area contributed by atoms with Crippen molar-refractivity contribution in [2.75, 3.05) is 6.54 Å². The Bertz CT molecular complexity index is 442. The molecule has 0 unspecified atom stereocenters. The molecule has 92 valence electrons. The number of H-pyrrole nitrogens is 1. The van der Waals surface area contributed by atoms with Crippen LogP contribution in [0.15, 0.2) is 24.4 Å². The second-order valence-corrected chi connectivity index (χ2v) is 4.38. The van der Waals surface area contributed by atoms with Crippen molar-refractivity contribution >= 4 is 0 Å². The Hall–Kier alpha value is -1.55. The average molecular weight is 232 g/mol. The van der Waals surface area contributed by atoms with Gasteiger partial charge in [-0.3, -0.25) is 4.68 Å². The summed E-state index contributed by atoms with van der Waals surface area (Å²) in [7, 11) is 0. The van der Waals surface area contributed by atoms with E-state index >= 15 is 0 Å². The highest BCUT2D eigenvalue weighted by Gasteiger charge is 1.99. The van der Waals surface area contributed by atoms with Crippen LogP contribution < -0.4 is 5.32 Å². The fraction of sp³-hybridized carbons (Fsp3) is 0.462. The summed E-state index contributed by atoms with van der Waals surface area (Å²) in [4.78, 5) is 3.18. The quantitative estimate of drug-likeness (QED) is 0.748. The van der Waals surface area contributed by atoms with E-state index in [9.17, 15) is 0 Å². The smallest absolute Gasteiger partial charge is 0.0596 e. The number of aryl methyl sites for hydroxylation is 3. The van der Waals surface area contributed by atoms with E-state index < -0.39 is 0 Å². The van der Waals surface area contributed by atoms with E-state index in [-0.39, 0.29) is 0 Å². The van der Waals surface area contributed by atoms with Gasteiger partial charge in [-0.2, -0.15) is 5.10 Å². The molecule has 4 heteroatoms. The van der Waals surface area contributed by atoms with Crippen LogP contribution in [0.1, 0.15) is 23.5 Å². The summed E-state index contributed by atoms with van der Waals surface area (Å²) in [6.45, 7) is 7.04. The van der Waals surface area contributed by atoms with E-state index in [2.05, 4.69) is 39.1 Å². The van der Waals surface area contributed by atoms with Gasteiger partial charge < -0.3 is 10.3 Å². The molecule has 17 heavy (non-hydrogen) atoms. The van der Waals surface area contributed by atoms with Crippen LogP contribution in [0.2, 0.25) is 0 Å². The zero-order chi connectivity index (χ0) is 12.1. The van der Waals surface area contributed by atoms with Crippen LogP contribution in [0.25, 0.3) is 0 Å². The lowest BCUT2D eigenvalue weighted by molar-refractivity contribution is 0.530. The van der Waals surface area contributed by atoms with Gasteiger partial charge in [0.25, 0.3) is 0 Å². The summed E-state index contributed by atoms with van der Waals surface area (Å²) < 4.78 is 2.08. The van der Waals surface area contributed by atoms with Crippen LogP contribution >= 0.6 is 0 Å². The molecule has 2 aromatic rings. The van der Waals surface area contributed by atoms with Gasteiger partial charge in [0.2, 0.25) is 0 Å². The monoisotopic (exact) mass is 232 g/mol. The van der Waals surface area contributed by atoms with E-state index in [4.69, 9.17) is 0 Å². The van der Waals surface area contributed by atoms with Crippen LogP contribution in [0.3, 0.4) is 0 Å². The van der Waals surface area contributed by atoms with Gasteiger partial charge in [0.15, 0.2) is 0 Å². The van der Waals surface area contributed by atoms with Gasteiger partial charge in [-0.25, -0.2) is 0 Å². The molecule has 2 N–H and O–H groups in total. The first-order valence-electron chi connectivity index (χ1n) is 6.10. The predicted molar refractivity (Wildman–Crippen MR) is 68.8 cm³/mol. The Morgan fingerprint density at radius 1 is 1.41 bits per heavy atom. The van der Waals surface area contributed by atoms with Crippen LogP contribution in [-0.2, 0) is 13.1 Å². The molecule has 0 fully saturated rings. The third-order valence-corrected chi connectivity index (χ3v) is 2.80. The Morgan fingerprint density at radius 2 is 2.29 bits per heavy atom. The standard InChI is InChI=1S/C13H20N4/c1-11-9-12(2)17(16-11)8-4-6-14-10-13-5-3-7-15-13/h3,5,7,9,14-15H,4,6,8,10H2,1-2H3. The molecular weight excluding hydrogens is 212 g/mol. The molecule has 2 aromatic heterocycles. The SMILES string of the molecule is Cc1cc(C)n(CCCNCc2ccc[nH]2)n1. The summed E-state index contributed by atoms with van der Waals surface area (Å²) in [6, 6.07) is 6.23. The van der Waals surface area contributed by atoms with E-state index in [1.165, 1.54) is 11.4 Å². The number of hydrogen-bond acceptors (Lipinski definition) is 2. The molecule has 0 radical (unpaired) electrons. The second-order valence-electron chi connectivity index (χ2n) is 4.38. The van der Waals surface area contributed by atoms with Crippen molar-refractivity contribution in [1.82, 2.24) is 20.1 Å². The first-order valence-corrected chi connectivity index (χ1v) is 6.10. The third-order valence-electron chi connectivity index (χ3n) is 2.80. The van der Waals surface area contributed by atoms with Crippen molar-refractivity contribution in [2.24, 2.45) is 0 Å². The number of aromatic nitrogens is 3. The molecule has 2 rings (SSSR count). The highest BCUT2D eigenvalue weighted by Crippen LogP contribution is 2.02. The molecule has 2 heterocycles. The van der Waals surface area contributed by atoms with Crippen LogP contribution in [0, 0.1) is 13.8 Å². The Labute approximate surface area is 102 Å². The maximum absolute atomic E-state index is 4.44. The molecule has 0 spiro atoms. The fourth-order valence-electron chi connectivity index (χ4n) is 1.96. The molecule has 4 nitrogen and oxygen atoms in total. The minimum absolute atomic E-state index is 0.907. The largest absolute Gasteiger partial charge is 0.364 e. The van der Waals surface area contributed by atoms with Crippen LogP contribution in [0.5, 0.6) is 0 Å². The van der Waals surface area contributed by atoms with Gasteiger partial charge in [-0.1, -0.05) is 0 Å². The zero-order valence-electron chi connectivity index (χ0n) is 10.5. The number of nitrogens with one attached hydrogen (secondary N) is 2. The van der Waals surface area contributed by atoms with Crippen molar-refractivity contribution in [3.8, 4) is 0 Å². The summed E-state index contributed by atoms with van der Waals surface area (Å²) >= 11 is 0. The van der Waals surface area contributed by atoms with Gasteiger partial charge in [0.1, 0.15) is 0 Å². The van der Waals surface area contributed by atoms with Crippen molar-refractivity contribution in [3.63, 3.8) is 0 Å². The minimum atomic E-state index is 0.907. The lowest BCUT2D eigenvalue weighted by atomic mass is 10.3. The van der Waals surface area contributed by atoms with Crippen molar-refractivity contribution < 1.29 is 0 Å². The molecule has 0 aliphatic carbocycles. The van der Waals surface area contributed by atoms with E-state index in [0.717, 1.165) is 31.7 Å². The van der Waals surface area contributed by atoms with Gasteiger partial charge in [-0.05, 0) is 45.0 Å². The van der Waals surface area contributed by atoms with Gasteiger partial charge in [0, 0.05) is 30.7 Å². The second kappa shape index (κ2) is 5.68. The molecule has 0 atom stereocenters. The maximum atomic E-state index is 4.44. The fourth-order valence-corrected chi connectivity index (χ4v) is 1.96. The first kappa shape index (κ1) is 11.9. The Balaban J connectivity index is 1.65. The highest BCUT2D eigenvalue weighted by molar-refractivity contribution is 5.06. The molecule has 0 amide bonds. The third kappa shape index (κ3) is 3.46. The predicted octanol–water partition coefficient (Wildman–Crippen LogP) is 2.01. The van der Waals surface area contributed by atoms with E-state index in [1.54, 1.807) is 0 Å². The Morgan fingerprint density at radius 3 is 2.94 bits per heavy atom. The number of aromatic amines is 1. The number of hydrogen-bond donors (Lipinski definition) is 2. The zero-order valence-corrected chi connectivity index (χ0v) is 10.5. The Kier molecular flexibility index (Phi) is 3.98. The molecular formula is C13H20N4. The summed E-state index contributed by atoms with van der Waals surface area (Å²) in [5.41, 5.74) is 3.57. The van der Waals surface area contributed by atoms with Gasteiger partial charge >= 0.3 is 0 Å². The minimum Gasteiger partial charge on any atom is -0.364 e. The van der Waals surface area contributed by atoms with Crippen molar-refractivity contribution in [1.29, 1.82) is 0 Å². The van der Waals surface area contributed by atoms with E-state index in [1.807, 2.05) is 19.2 Å².